The number of anilines is 1. The molecule has 1 aliphatic carbocycles. The average Bonchev–Trinajstić information content (AvgIpc) is 3.58. The molecule has 2 fully saturated rings. The van der Waals surface area contributed by atoms with E-state index in [-0.39, 0.29) is 36.0 Å². The molecule has 50 heavy (non-hydrogen) atoms. The number of carbonyl (C=O) groups is 3. The Morgan fingerprint density at radius 3 is 2.22 bits per heavy atom. The molecule has 1 saturated carbocycles. The molecule has 1 saturated heterocycles. The van der Waals surface area contributed by atoms with E-state index in [0.29, 0.717) is 36.0 Å². The minimum absolute atomic E-state index is 0.0210. The van der Waals surface area contributed by atoms with Crippen molar-refractivity contribution in [3.8, 4) is 22.5 Å². The molecular formula is C40H49N7O3. The predicted molar refractivity (Wildman–Crippen MR) is 196 cm³/mol. The molecule has 0 radical (unpaired) electrons. The van der Waals surface area contributed by atoms with Gasteiger partial charge >= 0.3 is 0 Å². The number of benzene rings is 3. The van der Waals surface area contributed by atoms with Crippen molar-refractivity contribution in [3.63, 3.8) is 0 Å². The zero-order valence-corrected chi connectivity index (χ0v) is 29.1. The highest BCUT2D eigenvalue weighted by Gasteiger charge is 2.30. The van der Waals surface area contributed by atoms with Crippen LogP contribution in [-0.2, 0) is 16.0 Å². The number of piperidine rings is 1. The lowest BCUT2D eigenvalue weighted by molar-refractivity contribution is -0.129. The third-order valence-electron chi connectivity index (χ3n) is 10.4. The third-order valence-corrected chi connectivity index (χ3v) is 10.4. The van der Waals surface area contributed by atoms with Crippen molar-refractivity contribution in [1.82, 2.24) is 25.8 Å². The molecule has 0 unspecified atom stereocenters. The van der Waals surface area contributed by atoms with Crippen molar-refractivity contribution in [3.05, 3.63) is 89.2 Å². The normalized spacial score (nSPS) is 18.7. The van der Waals surface area contributed by atoms with E-state index in [1.165, 1.54) is 0 Å². The second-order valence-electron chi connectivity index (χ2n) is 14.1. The Hall–Kier alpha value is -4.67. The van der Waals surface area contributed by atoms with Crippen molar-refractivity contribution in [2.45, 2.75) is 71.3 Å². The van der Waals surface area contributed by atoms with Crippen LogP contribution in [0, 0.1) is 31.6 Å². The zero-order valence-electron chi connectivity index (χ0n) is 29.1. The first-order valence-electron chi connectivity index (χ1n) is 18.0. The van der Waals surface area contributed by atoms with Crippen LogP contribution in [0.15, 0.2) is 66.7 Å². The van der Waals surface area contributed by atoms with Crippen LogP contribution in [0.4, 0.5) is 5.69 Å². The fourth-order valence-electron chi connectivity index (χ4n) is 7.27. The number of Topliss-reactive ketones (excluding diaryl/α,β-unsaturated/α-hetero) is 1. The second kappa shape index (κ2) is 16.4. The first-order valence-corrected chi connectivity index (χ1v) is 18.0. The summed E-state index contributed by atoms with van der Waals surface area (Å²) in [6, 6.07) is 21.7. The maximum absolute atomic E-state index is 13.8. The van der Waals surface area contributed by atoms with E-state index in [4.69, 9.17) is 5.73 Å². The predicted octanol–water partition coefficient (Wildman–Crippen LogP) is 5.76. The summed E-state index contributed by atoms with van der Waals surface area (Å²) in [5, 5.41) is 16.6. The Morgan fingerprint density at radius 2 is 1.58 bits per heavy atom. The molecule has 10 nitrogen and oxygen atoms in total. The molecular weight excluding hydrogens is 626 g/mol. The molecule has 1 aliphatic heterocycles. The molecule has 0 bridgehead atoms. The van der Waals surface area contributed by atoms with E-state index in [1.807, 2.05) is 68.4 Å². The number of carbonyl (C=O) groups excluding carboxylic acids is 3. The Labute approximate surface area is 294 Å². The summed E-state index contributed by atoms with van der Waals surface area (Å²) in [4.78, 5) is 44.6. The zero-order chi connectivity index (χ0) is 35.0. The van der Waals surface area contributed by atoms with E-state index in [9.17, 15) is 14.4 Å². The standard InChI is InChI=1S/C40H49N7O3/c1-25-21-32(39(49)45-35-17-19-42-20-18-35)13-16-36(25)29-7-3-27(4-8-29)22-33(23-37(48)30-9-5-28(24-41)6-10-30)40(50)44-34-14-11-31(12-15-34)38-43-26(2)46-47-38/h3-4,7-8,11-16,21,28,30,33,35,42H,5-6,9-10,17-20,22-24,41H2,1-2H3,(H,44,50)(H,45,49)(H,43,46,47)/t28?,30?,33-/m1/s1. The van der Waals surface area contributed by atoms with E-state index in [1.54, 1.807) is 0 Å². The minimum atomic E-state index is -0.518. The van der Waals surface area contributed by atoms with Gasteiger partial charge in [-0.15, -0.1) is 0 Å². The Bertz CT molecular complexity index is 1770. The average molecular weight is 676 g/mol. The highest BCUT2D eigenvalue weighted by atomic mass is 16.2. The molecule has 0 spiro atoms. The lowest BCUT2D eigenvalue weighted by Crippen LogP contribution is -2.42. The smallest absolute Gasteiger partial charge is 0.251 e. The lowest BCUT2D eigenvalue weighted by Gasteiger charge is -2.27. The number of hydrogen-bond acceptors (Lipinski definition) is 7. The number of H-pyrrole nitrogens is 1. The van der Waals surface area contributed by atoms with Crippen LogP contribution in [-0.4, -0.2) is 58.5 Å². The third kappa shape index (κ3) is 8.91. The number of nitrogens with one attached hydrogen (secondary N) is 4. The van der Waals surface area contributed by atoms with Gasteiger partial charge in [0.2, 0.25) is 5.91 Å². The molecule has 6 rings (SSSR count). The van der Waals surface area contributed by atoms with E-state index < -0.39 is 5.92 Å². The Morgan fingerprint density at radius 1 is 0.880 bits per heavy atom. The minimum Gasteiger partial charge on any atom is -0.349 e. The number of aromatic nitrogens is 3. The van der Waals surface area contributed by atoms with Gasteiger partial charge < -0.3 is 21.7 Å². The summed E-state index contributed by atoms with van der Waals surface area (Å²) in [5.41, 5.74) is 12.2. The number of aromatic amines is 1. The number of nitrogens with zero attached hydrogens (tertiary/aromatic N) is 2. The monoisotopic (exact) mass is 675 g/mol. The van der Waals surface area contributed by atoms with Crippen molar-refractivity contribution in [1.29, 1.82) is 0 Å². The quantitative estimate of drug-likeness (QED) is 0.128. The van der Waals surface area contributed by atoms with Crippen molar-refractivity contribution < 1.29 is 14.4 Å². The number of nitrogens with two attached hydrogens (primary N) is 1. The van der Waals surface area contributed by atoms with Crippen molar-refractivity contribution >= 4 is 23.3 Å². The van der Waals surface area contributed by atoms with Gasteiger partial charge in [-0.3, -0.25) is 19.5 Å². The molecule has 1 aromatic heterocycles. The highest BCUT2D eigenvalue weighted by molar-refractivity contribution is 5.96. The number of hydrogen-bond donors (Lipinski definition) is 5. The fourth-order valence-corrected chi connectivity index (χ4v) is 7.27. The highest BCUT2D eigenvalue weighted by Crippen LogP contribution is 2.32. The van der Waals surface area contributed by atoms with Crippen molar-refractivity contribution in [2.75, 3.05) is 25.0 Å². The summed E-state index contributed by atoms with van der Waals surface area (Å²) in [6.45, 7) is 6.39. The Kier molecular flexibility index (Phi) is 11.5. The first-order chi connectivity index (χ1) is 24.2. The van der Waals surface area contributed by atoms with Gasteiger partial charge in [-0.1, -0.05) is 30.3 Å². The number of rotatable bonds is 12. The van der Waals surface area contributed by atoms with E-state index >= 15 is 0 Å². The van der Waals surface area contributed by atoms with Gasteiger partial charge in [0.1, 0.15) is 11.6 Å². The molecule has 4 aromatic rings. The van der Waals surface area contributed by atoms with Crippen LogP contribution in [0.25, 0.3) is 22.5 Å². The van der Waals surface area contributed by atoms with Gasteiger partial charge in [0.05, 0.1) is 0 Å². The lowest BCUT2D eigenvalue weighted by atomic mass is 9.77. The second-order valence-corrected chi connectivity index (χ2v) is 14.1. The summed E-state index contributed by atoms with van der Waals surface area (Å²) in [5.74, 6) is 1.23. The topological polar surface area (TPSA) is 155 Å². The molecule has 2 amide bonds. The SMILES string of the molecule is Cc1nc(-c2ccc(NC(=O)[C@@H](CC(=O)C3CCC(CN)CC3)Cc3ccc(-c4ccc(C(=O)NC5CCNCC5)cc4C)cc3)cc2)n[nH]1. The van der Waals surface area contributed by atoms with Gasteiger partial charge in [0.25, 0.3) is 5.91 Å². The summed E-state index contributed by atoms with van der Waals surface area (Å²) in [6.07, 6.45) is 6.13. The molecule has 3 aromatic carbocycles. The Balaban J connectivity index is 1.14. The van der Waals surface area contributed by atoms with Gasteiger partial charge in [-0.05, 0) is 143 Å². The molecule has 10 heteroatoms. The molecule has 2 aliphatic rings. The van der Waals surface area contributed by atoms with E-state index in [2.05, 4.69) is 43.3 Å². The van der Waals surface area contributed by atoms with Crippen LogP contribution in [0.1, 0.15) is 72.3 Å². The maximum atomic E-state index is 13.8. The van der Waals surface area contributed by atoms with Crippen LogP contribution in [0.3, 0.4) is 0 Å². The van der Waals surface area contributed by atoms with Crippen LogP contribution in [0.5, 0.6) is 0 Å². The molecule has 2 heterocycles. The van der Waals surface area contributed by atoms with Gasteiger partial charge in [-0.2, -0.15) is 5.10 Å². The van der Waals surface area contributed by atoms with Crippen LogP contribution >= 0.6 is 0 Å². The number of ketones is 1. The maximum Gasteiger partial charge on any atom is 0.251 e. The van der Waals surface area contributed by atoms with Crippen LogP contribution in [0.2, 0.25) is 0 Å². The molecule has 1 atom stereocenters. The van der Waals surface area contributed by atoms with Crippen molar-refractivity contribution in [2.24, 2.45) is 23.5 Å². The van der Waals surface area contributed by atoms with E-state index in [0.717, 1.165) is 85.3 Å². The largest absolute Gasteiger partial charge is 0.349 e. The van der Waals surface area contributed by atoms with Crippen LogP contribution < -0.4 is 21.7 Å². The van der Waals surface area contributed by atoms with Gasteiger partial charge in [0, 0.05) is 41.1 Å². The fraction of sp³-hybridized carbons (Fsp3) is 0.425. The number of aryl methyl sites for hydroxylation is 2. The number of amides is 2. The summed E-state index contributed by atoms with van der Waals surface area (Å²) in [7, 11) is 0. The molecule has 262 valence electrons. The van der Waals surface area contributed by atoms with Gasteiger partial charge in [0.15, 0.2) is 5.82 Å². The molecule has 6 N–H and O–H groups in total. The van der Waals surface area contributed by atoms with Gasteiger partial charge in [-0.25, -0.2) is 4.98 Å². The summed E-state index contributed by atoms with van der Waals surface area (Å²) < 4.78 is 0. The first kappa shape index (κ1) is 35.2. The summed E-state index contributed by atoms with van der Waals surface area (Å²) >= 11 is 0.